The maximum absolute atomic E-state index is 10.7. The lowest BCUT2D eigenvalue weighted by atomic mass is 10.1. The molecular formula is C16H13I3O4. The van der Waals surface area contributed by atoms with E-state index in [0.717, 1.165) is 33.5 Å². The number of ether oxygens (including phenoxy) is 2. The first-order valence-electron chi connectivity index (χ1n) is 6.62. The van der Waals surface area contributed by atoms with E-state index in [1.54, 1.807) is 7.11 Å². The molecule has 0 fully saturated rings. The van der Waals surface area contributed by atoms with Gasteiger partial charge in [-0.1, -0.05) is 0 Å². The van der Waals surface area contributed by atoms with Crippen molar-refractivity contribution in [2.75, 3.05) is 7.11 Å². The van der Waals surface area contributed by atoms with E-state index in [1.807, 2.05) is 30.3 Å². The third-order valence-electron chi connectivity index (χ3n) is 3.03. The first kappa shape index (κ1) is 19.0. The Morgan fingerprint density at radius 1 is 1.09 bits per heavy atom. The van der Waals surface area contributed by atoms with E-state index in [0.29, 0.717) is 6.42 Å². The Labute approximate surface area is 175 Å². The van der Waals surface area contributed by atoms with E-state index in [-0.39, 0.29) is 6.42 Å². The Hall–Kier alpha value is -0.300. The zero-order valence-corrected chi connectivity index (χ0v) is 18.6. The largest absolute Gasteiger partial charge is 0.496 e. The molecule has 0 aliphatic carbocycles. The van der Waals surface area contributed by atoms with Crippen LogP contribution in [0.5, 0.6) is 17.2 Å². The lowest BCUT2D eigenvalue weighted by Crippen LogP contribution is -1.99. The minimum absolute atomic E-state index is 0.128. The summed E-state index contributed by atoms with van der Waals surface area (Å²) < 4.78 is 14.2. The number of carbonyl (C=O) groups is 1. The molecule has 0 amide bonds. The molecule has 0 spiro atoms. The average molecular weight is 650 g/mol. The first-order chi connectivity index (χ1) is 10.9. The Balaban J connectivity index is 2.23. The first-order valence-corrected chi connectivity index (χ1v) is 9.85. The zero-order valence-electron chi connectivity index (χ0n) is 12.1. The molecule has 2 rings (SSSR count). The van der Waals surface area contributed by atoms with Gasteiger partial charge in [-0.15, -0.1) is 0 Å². The van der Waals surface area contributed by atoms with Crippen LogP contribution < -0.4 is 9.47 Å². The second kappa shape index (κ2) is 8.70. The molecule has 0 aliphatic rings. The van der Waals surface area contributed by atoms with E-state index >= 15 is 0 Å². The number of hydrogen-bond donors (Lipinski definition) is 1. The highest BCUT2D eigenvalue weighted by atomic mass is 127. The summed E-state index contributed by atoms with van der Waals surface area (Å²) >= 11 is 6.63. The molecule has 122 valence electrons. The fourth-order valence-electron chi connectivity index (χ4n) is 1.93. The minimum Gasteiger partial charge on any atom is -0.496 e. The molecule has 0 atom stereocenters. The van der Waals surface area contributed by atoms with Crippen LogP contribution in [0.2, 0.25) is 0 Å². The molecule has 0 heterocycles. The van der Waals surface area contributed by atoms with Crippen LogP contribution in [0.1, 0.15) is 12.0 Å². The number of carboxylic acids is 1. The van der Waals surface area contributed by atoms with Gasteiger partial charge in [0.25, 0.3) is 0 Å². The quantitative estimate of drug-likeness (QED) is 0.431. The predicted octanol–water partition coefficient (Wildman–Crippen LogP) is 5.32. The van der Waals surface area contributed by atoms with Crippen molar-refractivity contribution in [3.63, 3.8) is 0 Å². The maximum atomic E-state index is 10.7. The normalized spacial score (nSPS) is 10.4. The standard InChI is InChI=1S/C16H13I3O4/c1-22-14-4-3-10(8-11(14)17)23-16-12(18)6-9(7-13(16)19)2-5-15(20)21/h3-4,6-8H,2,5H2,1H3,(H,20,21). The molecule has 2 aromatic carbocycles. The second-order valence-electron chi connectivity index (χ2n) is 4.68. The number of hydrogen-bond acceptors (Lipinski definition) is 3. The molecule has 4 nitrogen and oxygen atoms in total. The van der Waals surface area contributed by atoms with Gasteiger partial charge in [0.2, 0.25) is 0 Å². The second-order valence-corrected chi connectivity index (χ2v) is 8.17. The average Bonchev–Trinajstić information content (AvgIpc) is 2.49. The van der Waals surface area contributed by atoms with E-state index in [1.165, 1.54) is 0 Å². The van der Waals surface area contributed by atoms with Crippen LogP contribution in [0.25, 0.3) is 0 Å². The number of halogens is 3. The summed E-state index contributed by atoms with van der Waals surface area (Å²) in [6.07, 6.45) is 0.644. The van der Waals surface area contributed by atoms with Gasteiger partial charge >= 0.3 is 5.97 Å². The van der Waals surface area contributed by atoms with Crippen LogP contribution in [0, 0.1) is 10.7 Å². The Kier molecular flexibility index (Phi) is 7.19. The monoisotopic (exact) mass is 650 g/mol. The number of aryl methyl sites for hydroxylation is 1. The molecule has 0 aromatic heterocycles. The van der Waals surface area contributed by atoms with Crippen molar-refractivity contribution >= 4 is 73.7 Å². The van der Waals surface area contributed by atoms with Crippen LogP contribution in [-0.4, -0.2) is 18.2 Å². The van der Waals surface area contributed by atoms with Crippen molar-refractivity contribution in [1.82, 2.24) is 0 Å². The lowest BCUT2D eigenvalue weighted by molar-refractivity contribution is -0.136. The van der Waals surface area contributed by atoms with Crippen LogP contribution in [0.4, 0.5) is 0 Å². The Morgan fingerprint density at radius 2 is 1.74 bits per heavy atom. The van der Waals surface area contributed by atoms with E-state index < -0.39 is 5.97 Å². The number of benzene rings is 2. The lowest BCUT2D eigenvalue weighted by Gasteiger charge is -2.13. The smallest absolute Gasteiger partial charge is 0.303 e. The topological polar surface area (TPSA) is 55.8 Å². The maximum Gasteiger partial charge on any atom is 0.303 e. The number of rotatable bonds is 6. The fourth-order valence-corrected chi connectivity index (χ4v) is 4.76. The SMILES string of the molecule is COc1ccc(Oc2c(I)cc(CCC(=O)O)cc2I)cc1I. The number of carboxylic acid groups (broad SMARTS) is 1. The number of methoxy groups -OCH3 is 1. The molecule has 7 heteroatoms. The third kappa shape index (κ3) is 5.34. The van der Waals surface area contributed by atoms with Gasteiger partial charge in [-0.2, -0.15) is 0 Å². The minimum atomic E-state index is -0.789. The highest BCUT2D eigenvalue weighted by Gasteiger charge is 2.12. The van der Waals surface area contributed by atoms with Crippen molar-refractivity contribution < 1.29 is 19.4 Å². The Bertz CT molecular complexity index is 708. The van der Waals surface area contributed by atoms with Crippen molar-refractivity contribution in [3.05, 3.63) is 46.6 Å². The van der Waals surface area contributed by atoms with Crippen LogP contribution in [0.15, 0.2) is 30.3 Å². The van der Waals surface area contributed by atoms with Crippen molar-refractivity contribution in [3.8, 4) is 17.2 Å². The van der Waals surface area contributed by atoms with Crippen LogP contribution >= 0.6 is 67.8 Å². The molecule has 0 saturated heterocycles. The van der Waals surface area contributed by atoms with Crippen molar-refractivity contribution in [1.29, 1.82) is 0 Å². The molecular weight excluding hydrogens is 637 g/mol. The molecule has 1 N–H and O–H groups in total. The van der Waals surface area contributed by atoms with E-state index in [2.05, 4.69) is 67.8 Å². The fraction of sp³-hybridized carbons (Fsp3) is 0.188. The zero-order chi connectivity index (χ0) is 17.0. The Morgan fingerprint density at radius 3 is 2.26 bits per heavy atom. The highest BCUT2D eigenvalue weighted by molar-refractivity contribution is 14.1. The van der Waals surface area contributed by atoms with Gasteiger partial charge in [-0.05, 0) is 110 Å². The van der Waals surface area contributed by atoms with Crippen molar-refractivity contribution in [2.45, 2.75) is 12.8 Å². The molecule has 0 saturated carbocycles. The van der Waals surface area contributed by atoms with Gasteiger partial charge in [-0.3, -0.25) is 4.79 Å². The van der Waals surface area contributed by atoms with Gasteiger partial charge in [-0.25, -0.2) is 0 Å². The third-order valence-corrected chi connectivity index (χ3v) is 5.47. The van der Waals surface area contributed by atoms with E-state index in [9.17, 15) is 4.79 Å². The molecule has 0 radical (unpaired) electrons. The van der Waals surface area contributed by atoms with Crippen LogP contribution in [-0.2, 0) is 11.2 Å². The van der Waals surface area contributed by atoms with Gasteiger partial charge in [0.15, 0.2) is 5.75 Å². The summed E-state index contributed by atoms with van der Waals surface area (Å²) in [6.45, 7) is 0. The van der Waals surface area contributed by atoms with E-state index in [4.69, 9.17) is 14.6 Å². The predicted molar refractivity (Wildman–Crippen MR) is 114 cm³/mol. The highest BCUT2D eigenvalue weighted by Crippen LogP contribution is 2.35. The summed E-state index contributed by atoms with van der Waals surface area (Å²) in [5.74, 6) is 1.55. The molecule has 0 bridgehead atoms. The van der Waals surface area contributed by atoms with Gasteiger partial charge in [0, 0.05) is 6.42 Å². The summed E-state index contributed by atoms with van der Waals surface area (Å²) in [5.41, 5.74) is 0.998. The summed E-state index contributed by atoms with van der Waals surface area (Å²) in [6, 6.07) is 9.60. The molecule has 0 unspecified atom stereocenters. The van der Waals surface area contributed by atoms with Crippen LogP contribution in [0.3, 0.4) is 0 Å². The summed E-state index contributed by atoms with van der Waals surface area (Å²) in [5, 5.41) is 8.79. The summed E-state index contributed by atoms with van der Waals surface area (Å²) in [7, 11) is 1.64. The number of aliphatic carboxylic acids is 1. The van der Waals surface area contributed by atoms with Gasteiger partial charge < -0.3 is 14.6 Å². The van der Waals surface area contributed by atoms with Gasteiger partial charge in [0.05, 0.1) is 17.8 Å². The van der Waals surface area contributed by atoms with Gasteiger partial charge in [0.1, 0.15) is 11.5 Å². The van der Waals surface area contributed by atoms with Crippen molar-refractivity contribution in [2.24, 2.45) is 0 Å². The summed E-state index contributed by atoms with van der Waals surface area (Å²) in [4.78, 5) is 10.7. The molecule has 0 aliphatic heterocycles. The molecule has 23 heavy (non-hydrogen) atoms. The molecule has 2 aromatic rings.